The summed E-state index contributed by atoms with van der Waals surface area (Å²) in [6.45, 7) is 7.12. The Labute approximate surface area is 314 Å². The van der Waals surface area contributed by atoms with Crippen LogP contribution in [0.25, 0.3) is 11.1 Å². The number of nitro benzene ring substituents is 1. The molecule has 0 aliphatic heterocycles. The Hall–Kier alpha value is -4.13. The number of carbonyl (C=O) groups is 1. The van der Waals surface area contributed by atoms with Gasteiger partial charge in [0.25, 0.3) is 0 Å². The van der Waals surface area contributed by atoms with E-state index in [4.69, 9.17) is 14.6 Å². The SMILES string of the molecule is CCCCCCCC/C=C\CCCCCCCCOc1ccc(C(=O)O)cc1.CCCCCC[C@H](C)Oc1ccc(-c2ccccc2)cc1[N+](=O)[O-]. The van der Waals surface area contributed by atoms with E-state index in [9.17, 15) is 14.9 Å². The number of carboxylic acids is 1. The molecule has 52 heavy (non-hydrogen) atoms. The topological polar surface area (TPSA) is 98.9 Å². The van der Waals surface area contributed by atoms with Gasteiger partial charge in [0.2, 0.25) is 0 Å². The van der Waals surface area contributed by atoms with Crippen LogP contribution < -0.4 is 9.47 Å². The molecule has 0 spiro atoms. The molecule has 0 fully saturated rings. The van der Waals surface area contributed by atoms with Crippen LogP contribution in [0.1, 0.15) is 153 Å². The van der Waals surface area contributed by atoms with Crippen molar-refractivity contribution in [3.05, 3.63) is 101 Å². The second-order valence-corrected chi connectivity index (χ2v) is 13.7. The molecule has 0 amide bonds. The number of carboxylic acid groups (broad SMARTS) is 1. The van der Waals surface area contributed by atoms with Crippen LogP contribution in [0, 0.1) is 10.1 Å². The zero-order chi connectivity index (χ0) is 37.7. The highest BCUT2D eigenvalue weighted by atomic mass is 16.6. The molecule has 0 radical (unpaired) electrons. The van der Waals surface area contributed by atoms with Gasteiger partial charge in [0.1, 0.15) is 5.75 Å². The van der Waals surface area contributed by atoms with E-state index in [0.29, 0.717) is 17.9 Å². The van der Waals surface area contributed by atoms with Crippen molar-refractivity contribution in [2.75, 3.05) is 6.61 Å². The molecule has 0 saturated heterocycles. The predicted octanol–water partition coefficient (Wildman–Crippen LogP) is 13.8. The molecule has 0 aliphatic carbocycles. The summed E-state index contributed by atoms with van der Waals surface area (Å²) >= 11 is 0. The number of nitro groups is 1. The molecule has 1 atom stereocenters. The number of allylic oxidation sites excluding steroid dienone is 2. The van der Waals surface area contributed by atoms with Crippen LogP contribution in [-0.4, -0.2) is 28.7 Å². The maximum absolute atomic E-state index is 11.4. The maximum atomic E-state index is 11.4. The second-order valence-electron chi connectivity index (χ2n) is 13.7. The van der Waals surface area contributed by atoms with Gasteiger partial charge in [-0.15, -0.1) is 0 Å². The molecule has 0 saturated carbocycles. The average Bonchev–Trinajstić information content (AvgIpc) is 3.15. The van der Waals surface area contributed by atoms with E-state index >= 15 is 0 Å². The first-order chi connectivity index (χ1) is 25.3. The summed E-state index contributed by atoms with van der Waals surface area (Å²) in [4.78, 5) is 21.8. The Balaban J connectivity index is 0.000000364. The molecular formula is C45H65NO6. The minimum absolute atomic E-state index is 0.0248. The lowest BCUT2D eigenvalue weighted by Crippen LogP contribution is -2.12. The van der Waals surface area contributed by atoms with E-state index in [-0.39, 0.29) is 16.7 Å². The zero-order valence-electron chi connectivity index (χ0n) is 32.2. The highest BCUT2D eigenvalue weighted by Crippen LogP contribution is 2.33. The first-order valence-electron chi connectivity index (χ1n) is 20.0. The predicted molar refractivity (Wildman–Crippen MR) is 216 cm³/mol. The maximum Gasteiger partial charge on any atom is 0.335 e. The molecule has 1 N–H and O–H groups in total. The summed E-state index contributed by atoms with van der Waals surface area (Å²) in [7, 11) is 0. The van der Waals surface area contributed by atoms with Crippen molar-refractivity contribution >= 4 is 11.7 Å². The zero-order valence-corrected chi connectivity index (χ0v) is 32.2. The van der Waals surface area contributed by atoms with Gasteiger partial charge in [-0.3, -0.25) is 10.1 Å². The lowest BCUT2D eigenvalue weighted by molar-refractivity contribution is -0.386. The Morgan fingerprint density at radius 3 is 1.85 bits per heavy atom. The van der Waals surface area contributed by atoms with Gasteiger partial charge in [-0.1, -0.05) is 139 Å². The van der Waals surface area contributed by atoms with Crippen LogP contribution in [-0.2, 0) is 0 Å². The number of hydrogen-bond donors (Lipinski definition) is 1. The highest BCUT2D eigenvalue weighted by Gasteiger charge is 2.18. The van der Waals surface area contributed by atoms with Crippen LogP contribution in [0.15, 0.2) is 84.9 Å². The Bertz CT molecular complexity index is 1390. The van der Waals surface area contributed by atoms with Gasteiger partial charge in [0, 0.05) is 6.07 Å². The van der Waals surface area contributed by atoms with E-state index in [2.05, 4.69) is 26.0 Å². The van der Waals surface area contributed by atoms with Crippen molar-refractivity contribution < 1.29 is 24.3 Å². The molecule has 0 heterocycles. The van der Waals surface area contributed by atoms with Gasteiger partial charge in [-0.2, -0.15) is 0 Å². The fourth-order valence-corrected chi connectivity index (χ4v) is 5.94. The number of benzene rings is 3. The molecule has 7 heteroatoms. The molecule has 7 nitrogen and oxygen atoms in total. The minimum atomic E-state index is -0.903. The number of nitrogens with zero attached hydrogens (tertiary/aromatic N) is 1. The lowest BCUT2D eigenvalue weighted by atomic mass is 10.0. The van der Waals surface area contributed by atoms with E-state index in [1.165, 1.54) is 103 Å². The molecule has 3 aromatic rings. The van der Waals surface area contributed by atoms with Gasteiger partial charge in [-0.05, 0) is 93.3 Å². The van der Waals surface area contributed by atoms with E-state index in [1.54, 1.807) is 36.4 Å². The molecule has 3 rings (SSSR count). The van der Waals surface area contributed by atoms with Crippen molar-refractivity contribution in [1.82, 2.24) is 0 Å². The molecule has 0 unspecified atom stereocenters. The first-order valence-corrected chi connectivity index (χ1v) is 20.0. The van der Waals surface area contributed by atoms with E-state index < -0.39 is 5.97 Å². The number of hydrogen-bond acceptors (Lipinski definition) is 5. The third-order valence-corrected chi connectivity index (χ3v) is 9.08. The Morgan fingerprint density at radius 2 is 1.27 bits per heavy atom. The highest BCUT2D eigenvalue weighted by molar-refractivity contribution is 5.87. The summed E-state index contributed by atoms with van der Waals surface area (Å²) in [5.41, 5.74) is 2.10. The summed E-state index contributed by atoms with van der Waals surface area (Å²) in [6.07, 6.45) is 28.5. The van der Waals surface area contributed by atoms with Crippen molar-refractivity contribution in [3.63, 3.8) is 0 Å². The fourth-order valence-electron chi connectivity index (χ4n) is 5.94. The van der Waals surface area contributed by atoms with Gasteiger partial charge in [0.05, 0.1) is 23.2 Å². The summed E-state index contributed by atoms with van der Waals surface area (Å²) in [5.74, 6) is 0.195. The van der Waals surface area contributed by atoms with Gasteiger partial charge >= 0.3 is 11.7 Å². The Kier molecular flexibility index (Phi) is 24.1. The van der Waals surface area contributed by atoms with Crippen molar-refractivity contribution in [1.29, 1.82) is 0 Å². The number of ether oxygens (including phenoxy) is 2. The van der Waals surface area contributed by atoms with E-state index in [1.807, 2.05) is 43.3 Å². The van der Waals surface area contributed by atoms with Crippen LogP contribution >= 0.6 is 0 Å². The summed E-state index contributed by atoms with van der Waals surface area (Å²) in [6, 6.07) is 21.4. The largest absolute Gasteiger partial charge is 0.494 e. The number of aromatic carboxylic acids is 1. The monoisotopic (exact) mass is 715 g/mol. The molecule has 0 bridgehead atoms. The molecule has 0 aromatic heterocycles. The van der Waals surface area contributed by atoms with Crippen LogP contribution in [0.4, 0.5) is 5.69 Å². The van der Waals surface area contributed by atoms with E-state index in [0.717, 1.165) is 36.1 Å². The van der Waals surface area contributed by atoms with Gasteiger partial charge in [-0.25, -0.2) is 4.79 Å². The van der Waals surface area contributed by atoms with Crippen LogP contribution in [0.5, 0.6) is 11.5 Å². The molecular weight excluding hydrogens is 650 g/mol. The lowest BCUT2D eigenvalue weighted by Gasteiger charge is -2.15. The van der Waals surface area contributed by atoms with Crippen LogP contribution in [0.3, 0.4) is 0 Å². The molecule has 3 aromatic carbocycles. The smallest absolute Gasteiger partial charge is 0.335 e. The fraction of sp³-hybridized carbons (Fsp3) is 0.533. The van der Waals surface area contributed by atoms with Crippen molar-refractivity contribution in [2.45, 2.75) is 149 Å². The minimum Gasteiger partial charge on any atom is -0.494 e. The average molecular weight is 716 g/mol. The molecule has 0 aliphatic rings. The van der Waals surface area contributed by atoms with Gasteiger partial charge in [0.15, 0.2) is 5.75 Å². The van der Waals surface area contributed by atoms with Gasteiger partial charge < -0.3 is 14.6 Å². The first kappa shape index (κ1) is 44.0. The number of rotatable bonds is 27. The summed E-state index contributed by atoms with van der Waals surface area (Å²) in [5, 5.41) is 20.3. The second kappa shape index (κ2) is 28.5. The standard InChI is InChI=1S/C25H40O3.C20H25NO3/c1-2-3-4-5-6-7-8-9-10-11-12-13-14-15-16-17-22-28-24-20-18-23(19-21-24)25(26)27;1-3-4-5-7-10-16(2)24-20-14-13-18(15-19(20)21(22)23)17-11-8-6-9-12-17/h9-10,18-21H,2-8,11-17,22H2,1H3,(H,26,27);6,8-9,11-16H,3-5,7,10H2,1-2H3/b10-9-;/t;16-/m.0/s1. The van der Waals surface area contributed by atoms with Crippen molar-refractivity contribution in [3.8, 4) is 22.6 Å². The third-order valence-electron chi connectivity index (χ3n) is 9.08. The molecule has 286 valence electrons. The quantitative estimate of drug-likeness (QED) is 0.0365. The Morgan fingerprint density at radius 1 is 0.712 bits per heavy atom. The normalized spacial score (nSPS) is 11.5. The summed E-state index contributed by atoms with van der Waals surface area (Å²) < 4.78 is 11.5. The van der Waals surface area contributed by atoms with Crippen LogP contribution in [0.2, 0.25) is 0 Å². The third kappa shape index (κ3) is 20.0. The number of unbranched alkanes of at least 4 members (excludes halogenated alkanes) is 15. The van der Waals surface area contributed by atoms with Crippen molar-refractivity contribution in [2.24, 2.45) is 0 Å².